The largest absolute Gasteiger partial charge is 0.490 e. The lowest BCUT2D eigenvalue weighted by Gasteiger charge is -2.32. The number of likely N-dealkylation sites (tertiary alicyclic amines) is 1. The number of hydrogen-bond acceptors (Lipinski definition) is 5. The molecule has 0 bridgehead atoms. The van der Waals surface area contributed by atoms with Gasteiger partial charge in [0.05, 0.1) is 11.2 Å². The Labute approximate surface area is 168 Å². The van der Waals surface area contributed by atoms with Crippen molar-refractivity contribution in [3.63, 3.8) is 0 Å². The van der Waals surface area contributed by atoms with E-state index in [1.807, 2.05) is 11.8 Å². The van der Waals surface area contributed by atoms with Gasteiger partial charge in [-0.1, -0.05) is 10.6 Å². The van der Waals surface area contributed by atoms with Crippen LogP contribution < -0.4 is 4.74 Å². The number of nitrogens with zero attached hydrogens (tertiary/aromatic N) is 4. The van der Waals surface area contributed by atoms with E-state index in [-0.39, 0.29) is 12.0 Å². The number of aromatic nitrogens is 3. The quantitative estimate of drug-likeness (QED) is 0.656. The van der Waals surface area contributed by atoms with Crippen LogP contribution in [-0.4, -0.2) is 44.2 Å². The van der Waals surface area contributed by atoms with Crippen LogP contribution in [0.15, 0.2) is 30.5 Å². The Morgan fingerprint density at radius 1 is 1.21 bits per heavy atom. The van der Waals surface area contributed by atoms with Gasteiger partial charge in [0, 0.05) is 44.1 Å². The Morgan fingerprint density at radius 3 is 2.75 bits per heavy atom. The molecule has 0 unspecified atom stereocenters. The fraction of sp³-hybridized carbons (Fsp3) is 0.476. The molecule has 0 spiro atoms. The average molecular weight is 397 g/mol. The van der Waals surface area contributed by atoms with Gasteiger partial charge in [-0.25, -0.2) is 0 Å². The topological polar surface area (TPSA) is 60.3 Å². The average Bonchev–Trinajstić information content (AvgIpc) is 3.27. The molecule has 2 aromatic heterocycles. The molecule has 2 aliphatic rings. The van der Waals surface area contributed by atoms with Gasteiger partial charge in [-0.15, -0.1) is 5.10 Å². The van der Waals surface area contributed by atoms with Crippen molar-refractivity contribution in [2.24, 2.45) is 5.92 Å². The van der Waals surface area contributed by atoms with Gasteiger partial charge in [-0.2, -0.15) is 0 Å². The molecule has 6 nitrogen and oxygen atoms in total. The minimum Gasteiger partial charge on any atom is -0.490 e. The van der Waals surface area contributed by atoms with Crippen molar-refractivity contribution in [2.45, 2.75) is 45.3 Å². The summed E-state index contributed by atoms with van der Waals surface area (Å²) in [4.78, 5) is 15.2. The lowest BCUT2D eigenvalue weighted by Crippen LogP contribution is -2.41. The van der Waals surface area contributed by atoms with Crippen molar-refractivity contribution in [3.8, 4) is 5.75 Å². The third-order valence-electron chi connectivity index (χ3n) is 5.79. The monoisotopic (exact) mass is 396 g/mol. The fourth-order valence-electron chi connectivity index (χ4n) is 3.96. The predicted molar refractivity (Wildman–Crippen MR) is 109 cm³/mol. The SMILES string of the molecule is Cc1nnsc1C(=O)N1CCC(Oc2cccc3c2ccn3CC2CC2)CC1. The zero-order valence-corrected chi connectivity index (χ0v) is 16.8. The molecule has 1 aliphatic carbocycles. The number of piperidine rings is 1. The van der Waals surface area contributed by atoms with Crippen LogP contribution in [0.25, 0.3) is 10.9 Å². The van der Waals surface area contributed by atoms with Crippen molar-refractivity contribution in [1.29, 1.82) is 0 Å². The number of ether oxygens (including phenoxy) is 1. The molecule has 3 aromatic rings. The number of carbonyl (C=O) groups is 1. The summed E-state index contributed by atoms with van der Waals surface area (Å²) in [5, 5.41) is 5.14. The molecule has 1 saturated carbocycles. The molecule has 0 atom stereocenters. The zero-order valence-electron chi connectivity index (χ0n) is 16.0. The van der Waals surface area contributed by atoms with Gasteiger partial charge in [-0.3, -0.25) is 4.79 Å². The van der Waals surface area contributed by atoms with Crippen molar-refractivity contribution in [2.75, 3.05) is 13.1 Å². The highest BCUT2D eigenvalue weighted by molar-refractivity contribution is 7.07. The minimum absolute atomic E-state index is 0.0465. The molecular formula is C21H24N4O2S. The standard InChI is InChI=1S/C21H24N4O2S/c1-14-20(28-23-22-14)21(26)24-10-7-16(8-11-24)27-19-4-2-3-18-17(19)9-12-25(18)13-15-5-6-15/h2-4,9,12,15-16H,5-8,10-11,13H2,1H3. The Morgan fingerprint density at radius 2 is 2.04 bits per heavy atom. The normalized spacial score (nSPS) is 18.0. The van der Waals surface area contributed by atoms with Crippen LogP contribution in [0.4, 0.5) is 0 Å². The number of hydrogen-bond donors (Lipinski definition) is 0. The van der Waals surface area contributed by atoms with E-state index in [1.54, 1.807) is 0 Å². The molecule has 1 aromatic carbocycles. The molecule has 1 saturated heterocycles. The first-order valence-corrected chi connectivity index (χ1v) is 10.8. The molecule has 28 heavy (non-hydrogen) atoms. The van der Waals surface area contributed by atoms with Crippen molar-refractivity contribution < 1.29 is 9.53 Å². The highest BCUT2D eigenvalue weighted by atomic mass is 32.1. The maximum Gasteiger partial charge on any atom is 0.267 e. The van der Waals surface area contributed by atoms with Crippen LogP contribution in [0.2, 0.25) is 0 Å². The lowest BCUT2D eigenvalue weighted by atomic mass is 10.1. The van der Waals surface area contributed by atoms with Gasteiger partial charge in [-0.05, 0) is 55.4 Å². The van der Waals surface area contributed by atoms with E-state index in [0.29, 0.717) is 18.0 Å². The highest BCUT2D eigenvalue weighted by Crippen LogP contribution is 2.34. The molecule has 2 fully saturated rings. The number of aryl methyl sites for hydroxylation is 1. The maximum absolute atomic E-state index is 12.6. The Hall–Kier alpha value is -2.41. The summed E-state index contributed by atoms with van der Waals surface area (Å²) in [6.07, 6.45) is 6.71. The molecule has 7 heteroatoms. The molecule has 1 aliphatic heterocycles. The van der Waals surface area contributed by atoms with Gasteiger partial charge in [0.2, 0.25) is 0 Å². The van der Waals surface area contributed by atoms with Gasteiger partial charge < -0.3 is 14.2 Å². The van der Waals surface area contributed by atoms with E-state index in [1.165, 1.54) is 35.3 Å². The summed E-state index contributed by atoms with van der Waals surface area (Å²) in [5.74, 6) is 1.85. The number of amides is 1. The van der Waals surface area contributed by atoms with Crippen LogP contribution in [0.5, 0.6) is 5.75 Å². The second-order valence-electron chi connectivity index (χ2n) is 7.90. The van der Waals surface area contributed by atoms with Crippen LogP contribution in [0.3, 0.4) is 0 Å². The van der Waals surface area contributed by atoms with Crippen LogP contribution in [0.1, 0.15) is 41.0 Å². The second-order valence-corrected chi connectivity index (χ2v) is 8.65. The van der Waals surface area contributed by atoms with E-state index in [0.717, 1.165) is 36.7 Å². The molecule has 0 N–H and O–H groups in total. The predicted octanol–water partition coefficient (Wildman–Crippen LogP) is 3.89. The van der Waals surface area contributed by atoms with Gasteiger partial charge in [0.25, 0.3) is 5.91 Å². The first-order chi connectivity index (χ1) is 13.7. The Bertz CT molecular complexity index is 999. The summed E-state index contributed by atoms with van der Waals surface area (Å²) in [6, 6.07) is 8.50. The molecule has 1 amide bonds. The third-order valence-corrected chi connectivity index (χ3v) is 6.61. The van der Waals surface area contributed by atoms with E-state index < -0.39 is 0 Å². The number of carbonyl (C=O) groups excluding carboxylic acids is 1. The molecular weight excluding hydrogens is 372 g/mol. The van der Waals surface area contributed by atoms with E-state index in [2.05, 4.69) is 44.6 Å². The first kappa shape index (κ1) is 17.7. The second kappa shape index (κ2) is 7.20. The van der Waals surface area contributed by atoms with Crippen molar-refractivity contribution in [3.05, 3.63) is 41.0 Å². The van der Waals surface area contributed by atoms with Crippen LogP contribution in [0, 0.1) is 12.8 Å². The number of benzene rings is 1. The van der Waals surface area contributed by atoms with Crippen LogP contribution >= 0.6 is 11.5 Å². The number of rotatable bonds is 5. The first-order valence-electron chi connectivity index (χ1n) is 10.0. The summed E-state index contributed by atoms with van der Waals surface area (Å²) >= 11 is 1.18. The lowest BCUT2D eigenvalue weighted by molar-refractivity contribution is 0.0601. The minimum atomic E-state index is 0.0465. The molecule has 146 valence electrons. The summed E-state index contributed by atoms with van der Waals surface area (Å²) in [7, 11) is 0. The zero-order chi connectivity index (χ0) is 19.1. The smallest absolute Gasteiger partial charge is 0.267 e. The van der Waals surface area contributed by atoms with Gasteiger partial charge >= 0.3 is 0 Å². The van der Waals surface area contributed by atoms with E-state index in [4.69, 9.17) is 4.74 Å². The van der Waals surface area contributed by atoms with E-state index >= 15 is 0 Å². The van der Waals surface area contributed by atoms with Gasteiger partial charge in [0.1, 0.15) is 16.7 Å². The van der Waals surface area contributed by atoms with E-state index in [9.17, 15) is 4.79 Å². The third kappa shape index (κ3) is 3.39. The Kier molecular flexibility index (Phi) is 4.55. The summed E-state index contributed by atoms with van der Waals surface area (Å²) in [6.45, 7) is 4.36. The van der Waals surface area contributed by atoms with Crippen molar-refractivity contribution in [1.82, 2.24) is 19.1 Å². The summed E-state index contributed by atoms with van der Waals surface area (Å²) in [5.41, 5.74) is 1.97. The summed E-state index contributed by atoms with van der Waals surface area (Å²) < 4.78 is 12.6. The number of fused-ring (bicyclic) bond motifs is 1. The van der Waals surface area contributed by atoms with Crippen LogP contribution in [-0.2, 0) is 6.54 Å². The molecule has 5 rings (SSSR count). The highest BCUT2D eigenvalue weighted by Gasteiger charge is 2.27. The maximum atomic E-state index is 12.6. The van der Waals surface area contributed by atoms with Gasteiger partial charge in [0.15, 0.2) is 0 Å². The fourth-order valence-corrected chi connectivity index (χ4v) is 4.59. The molecule has 3 heterocycles. The van der Waals surface area contributed by atoms with Crippen molar-refractivity contribution >= 4 is 28.3 Å². The molecule has 0 radical (unpaired) electrons. The Balaban J connectivity index is 1.25.